The fourth-order valence-corrected chi connectivity index (χ4v) is 6.79. The second kappa shape index (κ2) is 12.5. The van der Waals surface area contributed by atoms with Crippen LogP contribution in [0.5, 0.6) is 5.75 Å². The Morgan fingerprint density at radius 2 is 1.82 bits per heavy atom. The number of methoxy groups -OCH3 is 1. The zero-order chi connectivity index (χ0) is 27.4. The molecule has 2 heterocycles. The second-order valence-corrected chi connectivity index (χ2v) is 11.9. The lowest BCUT2D eigenvalue weighted by Gasteiger charge is -2.26. The molecule has 5 rings (SSSR count). The number of rotatable bonds is 8. The molecule has 8 nitrogen and oxygen atoms in total. The van der Waals surface area contributed by atoms with Gasteiger partial charge in [0.15, 0.2) is 0 Å². The summed E-state index contributed by atoms with van der Waals surface area (Å²) >= 11 is 1.42. The van der Waals surface area contributed by atoms with Crippen LogP contribution in [0, 0.1) is 11.3 Å². The lowest BCUT2D eigenvalue weighted by Crippen LogP contribution is -2.29. The quantitative estimate of drug-likeness (QED) is 0.272. The van der Waals surface area contributed by atoms with Crippen molar-refractivity contribution in [2.24, 2.45) is 0 Å². The summed E-state index contributed by atoms with van der Waals surface area (Å²) in [6, 6.07) is 24.8. The zero-order valence-corrected chi connectivity index (χ0v) is 24.0. The molecule has 0 unspecified atom stereocenters. The number of carbonyl (C=O) groups excluding carboxylic acids is 1. The van der Waals surface area contributed by atoms with Gasteiger partial charge in [0, 0.05) is 35.8 Å². The molecule has 1 aliphatic rings. The molecule has 11 heteroatoms. The summed E-state index contributed by atoms with van der Waals surface area (Å²) in [5.74, 6) is 0.125. The number of anilines is 2. The van der Waals surface area contributed by atoms with E-state index in [-0.39, 0.29) is 28.6 Å². The first kappa shape index (κ1) is 29.1. The fourth-order valence-electron chi connectivity index (χ4n) is 4.51. The Morgan fingerprint density at radius 1 is 1.07 bits per heavy atom. The number of carbonyl (C=O) groups is 1. The number of thiophene rings is 1. The van der Waals surface area contributed by atoms with Crippen molar-refractivity contribution in [3.8, 4) is 11.8 Å². The number of halogens is 1. The highest BCUT2D eigenvalue weighted by Crippen LogP contribution is 2.37. The average molecular weight is 595 g/mol. The summed E-state index contributed by atoms with van der Waals surface area (Å²) in [4.78, 5) is 16.6. The molecule has 0 fully saturated rings. The van der Waals surface area contributed by atoms with E-state index in [4.69, 9.17) is 4.74 Å². The van der Waals surface area contributed by atoms with E-state index in [9.17, 15) is 18.5 Å². The minimum atomic E-state index is -3.86. The maximum absolute atomic E-state index is 13.1. The van der Waals surface area contributed by atoms with Gasteiger partial charge in [-0.05, 0) is 60.0 Å². The number of amides is 1. The predicted molar refractivity (Wildman–Crippen MR) is 159 cm³/mol. The van der Waals surface area contributed by atoms with Crippen LogP contribution in [0.2, 0.25) is 0 Å². The number of sulfonamides is 1. The van der Waals surface area contributed by atoms with Crippen molar-refractivity contribution < 1.29 is 17.9 Å². The van der Waals surface area contributed by atoms with Gasteiger partial charge in [0.05, 0.1) is 17.6 Å². The third-order valence-electron chi connectivity index (χ3n) is 6.47. The summed E-state index contributed by atoms with van der Waals surface area (Å²) < 4.78 is 33.2. The third kappa shape index (κ3) is 6.46. The summed E-state index contributed by atoms with van der Waals surface area (Å²) in [5.41, 5.74) is 3.24. The molecular formula is C29H27ClN4O4S2. The molecule has 0 spiro atoms. The number of hydrogen-bond acceptors (Lipinski definition) is 7. The molecule has 4 aromatic rings. The average Bonchev–Trinajstić information content (AvgIpc) is 3.29. The highest BCUT2D eigenvalue weighted by molar-refractivity contribution is 7.92. The van der Waals surface area contributed by atoms with Gasteiger partial charge in [0.1, 0.15) is 16.8 Å². The van der Waals surface area contributed by atoms with Crippen molar-refractivity contribution in [1.29, 1.82) is 5.26 Å². The van der Waals surface area contributed by atoms with E-state index in [1.807, 2.05) is 18.2 Å². The molecule has 0 saturated heterocycles. The Morgan fingerprint density at radius 3 is 2.52 bits per heavy atom. The first-order chi connectivity index (χ1) is 18.9. The number of hydrogen-bond donors (Lipinski definition) is 2. The fraction of sp³-hybridized carbons (Fsp3) is 0.172. The molecule has 0 aliphatic carbocycles. The van der Waals surface area contributed by atoms with Gasteiger partial charge in [0.2, 0.25) is 0 Å². The van der Waals surface area contributed by atoms with Crippen molar-refractivity contribution in [3.63, 3.8) is 0 Å². The maximum Gasteiger partial charge on any atom is 0.261 e. The maximum atomic E-state index is 13.1. The van der Waals surface area contributed by atoms with E-state index in [0.717, 1.165) is 30.0 Å². The molecule has 0 bridgehead atoms. The molecule has 0 atom stereocenters. The van der Waals surface area contributed by atoms with Crippen LogP contribution in [0.1, 0.15) is 31.9 Å². The van der Waals surface area contributed by atoms with E-state index in [1.54, 1.807) is 30.3 Å². The molecular weight excluding hydrogens is 568 g/mol. The molecule has 0 radical (unpaired) electrons. The minimum absolute atomic E-state index is 0. The molecule has 206 valence electrons. The van der Waals surface area contributed by atoms with Crippen molar-refractivity contribution >= 4 is 50.4 Å². The number of nitrogens with zero attached hydrogens (tertiary/aromatic N) is 2. The predicted octanol–water partition coefficient (Wildman–Crippen LogP) is 5.66. The Hall–Kier alpha value is -3.88. The van der Waals surface area contributed by atoms with Gasteiger partial charge < -0.3 is 10.1 Å². The summed E-state index contributed by atoms with van der Waals surface area (Å²) in [5, 5.41) is 13.3. The van der Waals surface area contributed by atoms with Gasteiger partial charge in [-0.1, -0.05) is 36.4 Å². The molecule has 1 aliphatic heterocycles. The van der Waals surface area contributed by atoms with Gasteiger partial charge in [-0.25, -0.2) is 8.42 Å². The van der Waals surface area contributed by atoms with Crippen LogP contribution in [-0.2, 0) is 29.5 Å². The molecule has 2 N–H and O–H groups in total. The summed E-state index contributed by atoms with van der Waals surface area (Å²) in [6.45, 7) is 2.36. The second-order valence-electron chi connectivity index (χ2n) is 9.08. The third-order valence-corrected chi connectivity index (χ3v) is 9.00. The van der Waals surface area contributed by atoms with Crippen LogP contribution < -0.4 is 14.8 Å². The van der Waals surface area contributed by atoms with E-state index in [1.165, 1.54) is 42.2 Å². The molecule has 1 aromatic heterocycles. The van der Waals surface area contributed by atoms with Gasteiger partial charge >= 0.3 is 0 Å². The summed E-state index contributed by atoms with van der Waals surface area (Å²) in [6.07, 6.45) is 0.736. The van der Waals surface area contributed by atoms with Crippen LogP contribution in [0.15, 0.2) is 83.8 Å². The van der Waals surface area contributed by atoms with E-state index in [2.05, 4.69) is 33.1 Å². The van der Waals surface area contributed by atoms with Gasteiger partial charge in [-0.15, -0.1) is 23.7 Å². The van der Waals surface area contributed by atoms with Crippen molar-refractivity contribution in [2.45, 2.75) is 24.4 Å². The number of ether oxygens (including phenoxy) is 1. The minimum Gasteiger partial charge on any atom is -0.497 e. The van der Waals surface area contributed by atoms with Crippen LogP contribution in [-0.4, -0.2) is 32.9 Å². The van der Waals surface area contributed by atoms with E-state index >= 15 is 0 Å². The number of fused-ring (bicyclic) bond motifs is 1. The van der Waals surface area contributed by atoms with E-state index < -0.39 is 15.9 Å². The first-order valence-corrected chi connectivity index (χ1v) is 14.6. The smallest absolute Gasteiger partial charge is 0.261 e. The SMILES string of the molecule is COc1ccc(S(=O)(=O)Nc2cccc(C(=O)Nc3sc4c(c3C#N)CCN(Cc3ccccc3)C4)c2)cc1.Cl. The van der Waals surface area contributed by atoms with Gasteiger partial charge in [0.25, 0.3) is 15.9 Å². The highest BCUT2D eigenvalue weighted by Gasteiger charge is 2.26. The Bertz CT molecular complexity index is 1650. The highest BCUT2D eigenvalue weighted by atomic mass is 35.5. The first-order valence-electron chi connectivity index (χ1n) is 12.3. The Labute approximate surface area is 243 Å². The lowest BCUT2D eigenvalue weighted by molar-refractivity contribution is 0.102. The molecule has 1 amide bonds. The Balaban J connectivity index is 0.00000370. The monoisotopic (exact) mass is 594 g/mol. The van der Waals surface area contributed by atoms with Gasteiger partial charge in [-0.3, -0.25) is 14.4 Å². The van der Waals surface area contributed by atoms with E-state index in [0.29, 0.717) is 22.9 Å². The van der Waals surface area contributed by atoms with Crippen molar-refractivity contribution in [2.75, 3.05) is 23.7 Å². The largest absolute Gasteiger partial charge is 0.497 e. The van der Waals surface area contributed by atoms with Crippen molar-refractivity contribution in [3.05, 3.63) is 106 Å². The normalized spacial score (nSPS) is 12.9. The van der Waals surface area contributed by atoms with Crippen molar-refractivity contribution in [1.82, 2.24) is 4.90 Å². The molecule has 40 heavy (non-hydrogen) atoms. The van der Waals surface area contributed by atoms with Crippen LogP contribution in [0.4, 0.5) is 10.7 Å². The van der Waals surface area contributed by atoms with Gasteiger partial charge in [-0.2, -0.15) is 5.26 Å². The Kier molecular flexibility index (Phi) is 9.12. The number of benzene rings is 3. The van der Waals surface area contributed by atoms with Crippen LogP contribution >= 0.6 is 23.7 Å². The standard InChI is InChI=1S/C29H26N4O4S2.ClH/c1-37-23-10-12-24(13-11-23)39(35,36)32-22-9-5-8-21(16-22)28(34)31-29-26(17-30)25-14-15-33(19-27(25)38-29)18-20-6-3-2-4-7-20;/h2-13,16,32H,14-15,18-19H2,1H3,(H,31,34);1H. The molecule has 3 aromatic carbocycles. The number of nitriles is 1. The van der Waals surface area contributed by atoms with Crippen LogP contribution in [0.3, 0.4) is 0 Å². The topological polar surface area (TPSA) is 112 Å². The number of nitrogens with one attached hydrogen (secondary N) is 2. The van der Waals surface area contributed by atoms with Crippen LogP contribution in [0.25, 0.3) is 0 Å². The molecule has 0 saturated carbocycles. The lowest BCUT2D eigenvalue weighted by atomic mass is 10.0. The zero-order valence-electron chi connectivity index (χ0n) is 21.6. The summed E-state index contributed by atoms with van der Waals surface area (Å²) in [7, 11) is -2.36.